The predicted octanol–water partition coefficient (Wildman–Crippen LogP) is 0.277. The van der Waals surface area contributed by atoms with Crippen LogP contribution in [0.25, 0.3) is 0 Å². The molecule has 4 heteroatoms. The second kappa shape index (κ2) is 7.17. The molecule has 0 spiro atoms. The molecule has 1 aliphatic rings. The molecule has 0 bridgehead atoms. The molecule has 1 fully saturated rings. The maximum Gasteiger partial charge on any atom is 0.100 e. The quantitative estimate of drug-likeness (QED) is 0.598. The van der Waals surface area contributed by atoms with Gasteiger partial charge in [0.05, 0.1) is 19.3 Å². The van der Waals surface area contributed by atoms with Crippen molar-refractivity contribution in [2.45, 2.75) is 50.9 Å². The predicted molar refractivity (Wildman–Crippen MR) is 58.8 cm³/mol. The zero-order valence-corrected chi connectivity index (χ0v) is 9.48. The van der Waals surface area contributed by atoms with Gasteiger partial charge in [-0.25, -0.2) is 0 Å². The van der Waals surface area contributed by atoms with Crippen LogP contribution in [0, 0.1) is 0 Å². The Labute approximate surface area is 91.6 Å². The van der Waals surface area contributed by atoms with Crippen LogP contribution in [0.4, 0.5) is 0 Å². The van der Waals surface area contributed by atoms with Crippen LogP contribution in [0.3, 0.4) is 0 Å². The van der Waals surface area contributed by atoms with Gasteiger partial charge < -0.3 is 20.3 Å². The first-order valence-electron chi connectivity index (χ1n) is 5.90. The summed E-state index contributed by atoms with van der Waals surface area (Å²) in [6.45, 7) is 3.19. The highest BCUT2D eigenvalue weighted by molar-refractivity contribution is 4.77. The second-order valence-electron chi connectivity index (χ2n) is 4.20. The lowest BCUT2D eigenvalue weighted by Gasteiger charge is -2.29. The van der Waals surface area contributed by atoms with E-state index in [1.54, 1.807) is 0 Å². The molecule has 3 N–H and O–H groups in total. The second-order valence-corrected chi connectivity index (χ2v) is 4.20. The van der Waals surface area contributed by atoms with Gasteiger partial charge in [0.25, 0.3) is 0 Å². The summed E-state index contributed by atoms with van der Waals surface area (Å²) in [7, 11) is 0. The first-order chi connectivity index (χ1) is 7.26. The van der Waals surface area contributed by atoms with E-state index in [9.17, 15) is 0 Å². The fourth-order valence-electron chi connectivity index (χ4n) is 2.02. The Hall–Kier alpha value is -0.160. The fraction of sp³-hybridized carbons (Fsp3) is 1.00. The van der Waals surface area contributed by atoms with Gasteiger partial charge in [0.2, 0.25) is 0 Å². The smallest absolute Gasteiger partial charge is 0.100 e. The Kier molecular flexibility index (Phi) is 6.17. The molecule has 1 atom stereocenters. The van der Waals surface area contributed by atoms with Gasteiger partial charge in [0.1, 0.15) is 6.10 Å². The fourth-order valence-corrected chi connectivity index (χ4v) is 2.02. The lowest BCUT2D eigenvalue weighted by Crippen LogP contribution is -2.36. The number of hydrogen-bond donors (Lipinski definition) is 3. The molecule has 0 aromatic carbocycles. The molecule has 0 aliphatic heterocycles. The normalized spacial score (nSPS) is 29.0. The third-order valence-corrected chi connectivity index (χ3v) is 2.90. The minimum Gasteiger partial charge on any atom is -0.394 e. The van der Waals surface area contributed by atoms with Crippen molar-refractivity contribution in [2.75, 3.05) is 19.8 Å². The topological polar surface area (TPSA) is 61.7 Å². The highest BCUT2D eigenvalue weighted by Crippen LogP contribution is 2.21. The molecule has 1 saturated carbocycles. The SMILES string of the molecule is CCNC1CCC(OCC(O)CO)CC1. The summed E-state index contributed by atoms with van der Waals surface area (Å²) in [6.07, 6.45) is 3.94. The van der Waals surface area contributed by atoms with E-state index >= 15 is 0 Å². The monoisotopic (exact) mass is 217 g/mol. The summed E-state index contributed by atoms with van der Waals surface area (Å²) in [5, 5.41) is 21.2. The Morgan fingerprint density at radius 2 is 2.00 bits per heavy atom. The molecule has 0 radical (unpaired) electrons. The average molecular weight is 217 g/mol. The van der Waals surface area contributed by atoms with E-state index in [4.69, 9.17) is 14.9 Å². The maximum absolute atomic E-state index is 9.14. The molecule has 15 heavy (non-hydrogen) atoms. The van der Waals surface area contributed by atoms with E-state index in [0.29, 0.717) is 6.04 Å². The standard InChI is InChI=1S/C11H23NO3/c1-2-12-9-3-5-11(6-4-9)15-8-10(14)7-13/h9-14H,2-8H2,1H3. The van der Waals surface area contributed by atoms with Crippen LogP contribution in [0.5, 0.6) is 0 Å². The van der Waals surface area contributed by atoms with Crippen LogP contribution in [-0.4, -0.2) is 48.2 Å². The number of aliphatic hydroxyl groups excluding tert-OH is 2. The van der Waals surface area contributed by atoms with Gasteiger partial charge in [-0.2, -0.15) is 0 Å². The van der Waals surface area contributed by atoms with Crippen molar-refractivity contribution in [2.24, 2.45) is 0 Å². The average Bonchev–Trinajstić information content (AvgIpc) is 2.28. The van der Waals surface area contributed by atoms with Gasteiger partial charge in [-0.3, -0.25) is 0 Å². The van der Waals surface area contributed by atoms with Crippen molar-refractivity contribution in [3.63, 3.8) is 0 Å². The Morgan fingerprint density at radius 1 is 1.33 bits per heavy atom. The van der Waals surface area contributed by atoms with Crippen molar-refractivity contribution >= 4 is 0 Å². The van der Waals surface area contributed by atoms with Crippen LogP contribution in [0.15, 0.2) is 0 Å². The summed E-state index contributed by atoms with van der Waals surface area (Å²) in [5.41, 5.74) is 0. The molecule has 1 aliphatic carbocycles. The molecule has 0 aromatic heterocycles. The van der Waals surface area contributed by atoms with Gasteiger partial charge >= 0.3 is 0 Å². The van der Waals surface area contributed by atoms with E-state index in [2.05, 4.69) is 12.2 Å². The molecule has 0 saturated heterocycles. The van der Waals surface area contributed by atoms with Crippen molar-refractivity contribution in [3.05, 3.63) is 0 Å². The lowest BCUT2D eigenvalue weighted by atomic mass is 9.93. The Balaban J connectivity index is 2.09. The van der Waals surface area contributed by atoms with Gasteiger partial charge in [0, 0.05) is 6.04 Å². The van der Waals surface area contributed by atoms with Crippen molar-refractivity contribution < 1.29 is 14.9 Å². The molecule has 1 unspecified atom stereocenters. The van der Waals surface area contributed by atoms with Crippen molar-refractivity contribution in [3.8, 4) is 0 Å². The van der Waals surface area contributed by atoms with E-state index < -0.39 is 6.10 Å². The molecule has 1 rings (SSSR count). The first kappa shape index (κ1) is 12.9. The molecular formula is C11H23NO3. The minimum absolute atomic E-state index is 0.216. The van der Waals surface area contributed by atoms with Crippen LogP contribution in [0.1, 0.15) is 32.6 Å². The number of aliphatic hydroxyl groups is 2. The number of rotatable bonds is 6. The molecular weight excluding hydrogens is 194 g/mol. The number of nitrogens with one attached hydrogen (secondary N) is 1. The maximum atomic E-state index is 9.14. The highest BCUT2D eigenvalue weighted by Gasteiger charge is 2.21. The van der Waals surface area contributed by atoms with E-state index in [1.807, 2.05) is 0 Å². The van der Waals surface area contributed by atoms with Gasteiger partial charge in [-0.05, 0) is 32.2 Å². The Bertz CT molecular complexity index is 158. The summed E-state index contributed by atoms with van der Waals surface area (Å²) in [4.78, 5) is 0. The highest BCUT2D eigenvalue weighted by atomic mass is 16.5. The number of hydrogen-bond acceptors (Lipinski definition) is 4. The van der Waals surface area contributed by atoms with Crippen LogP contribution in [0.2, 0.25) is 0 Å². The van der Waals surface area contributed by atoms with E-state index in [1.165, 1.54) is 0 Å². The summed E-state index contributed by atoms with van der Waals surface area (Å²) >= 11 is 0. The first-order valence-corrected chi connectivity index (χ1v) is 5.90. The van der Waals surface area contributed by atoms with E-state index in [-0.39, 0.29) is 19.3 Å². The molecule has 0 aromatic rings. The van der Waals surface area contributed by atoms with Crippen LogP contribution in [-0.2, 0) is 4.74 Å². The lowest BCUT2D eigenvalue weighted by molar-refractivity contribution is -0.0420. The van der Waals surface area contributed by atoms with Crippen molar-refractivity contribution in [1.82, 2.24) is 5.32 Å². The molecule has 0 amide bonds. The largest absolute Gasteiger partial charge is 0.394 e. The molecule has 4 nitrogen and oxygen atoms in total. The van der Waals surface area contributed by atoms with Gasteiger partial charge in [-0.15, -0.1) is 0 Å². The third kappa shape index (κ3) is 4.93. The molecule has 90 valence electrons. The van der Waals surface area contributed by atoms with E-state index in [0.717, 1.165) is 32.2 Å². The summed E-state index contributed by atoms with van der Waals surface area (Å²) < 4.78 is 5.52. The summed E-state index contributed by atoms with van der Waals surface area (Å²) in [5.74, 6) is 0. The minimum atomic E-state index is -0.725. The summed E-state index contributed by atoms with van der Waals surface area (Å²) in [6, 6.07) is 0.637. The van der Waals surface area contributed by atoms with Crippen LogP contribution < -0.4 is 5.32 Å². The zero-order valence-electron chi connectivity index (χ0n) is 9.48. The van der Waals surface area contributed by atoms with Gasteiger partial charge in [0.15, 0.2) is 0 Å². The number of ether oxygens (including phenoxy) is 1. The zero-order chi connectivity index (χ0) is 11.1. The third-order valence-electron chi connectivity index (χ3n) is 2.90. The Morgan fingerprint density at radius 3 is 2.53 bits per heavy atom. The van der Waals surface area contributed by atoms with Gasteiger partial charge in [-0.1, -0.05) is 6.92 Å². The van der Waals surface area contributed by atoms with Crippen LogP contribution >= 0.6 is 0 Å². The van der Waals surface area contributed by atoms with Crippen molar-refractivity contribution in [1.29, 1.82) is 0 Å². The molecule has 0 heterocycles.